The Morgan fingerprint density at radius 2 is 1.60 bits per heavy atom. The number of nitrogen functional groups attached to an aromatic ring is 1. The smallest absolute Gasteiger partial charge is 0.326 e. The number of carboxylic acid groups (broad SMARTS) is 1. The summed E-state index contributed by atoms with van der Waals surface area (Å²) in [5, 5.41) is 50.6. The van der Waals surface area contributed by atoms with E-state index in [2.05, 4.69) is 15.3 Å². The Balaban J connectivity index is 1.67. The number of phenolic OH excluding ortho intramolecular Hbond substituents is 1. The molecule has 396 valence electrons. The van der Waals surface area contributed by atoms with Gasteiger partial charge in [0.25, 0.3) is 10.2 Å². The number of nitrogens with one attached hydrogen (secondary N) is 2. The van der Waals surface area contributed by atoms with Crippen molar-refractivity contribution in [2.45, 2.75) is 90.0 Å². The molecule has 3 aromatic carbocycles. The number of nitrogens with two attached hydrogens (primary N) is 4. The zero-order chi connectivity index (χ0) is 54.3. The maximum absolute atomic E-state index is 15.6. The number of benzene rings is 3. The van der Waals surface area contributed by atoms with Crippen molar-refractivity contribution in [3.63, 3.8) is 0 Å². The van der Waals surface area contributed by atoms with Crippen molar-refractivity contribution in [3.8, 4) is 39.8 Å². The van der Waals surface area contributed by atoms with E-state index in [1.54, 1.807) is 6.07 Å². The summed E-state index contributed by atoms with van der Waals surface area (Å²) in [5.41, 5.74) is 17.9. The van der Waals surface area contributed by atoms with Gasteiger partial charge in [-0.2, -0.15) is 8.42 Å². The highest BCUT2D eigenvalue weighted by Crippen LogP contribution is 2.45. The maximum atomic E-state index is 15.6. The molecule has 73 heavy (non-hydrogen) atoms. The van der Waals surface area contributed by atoms with Crippen LogP contribution in [0.4, 0.5) is 10.2 Å². The fraction of sp³-hybridized carbons (Fsp3) is 0.449. The number of carbonyl (C=O) groups is 5. The number of aromatic hydroxyl groups is 1. The quantitative estimate of drug-likeness (QED) is 0.0561. The van der Waals surface area contributed by atoms with Gasteiger partial charge in [0.05, 0.1) is 22.7 Å². The van der Waals surface area contributed by atoms with E-state index in [1.807, 2.05) is 25.5 Å². The summed E-state index contributed by atoms with van der Waals surface area (Å²) in [5.74, 6) is -9.92. The average Bonchev–Trinajstić information content (AvgIpc) is 3.32. The molecule has 1 aliphatic rings. The van der Waals surface area contributed by atoms with Gasteiger partial charge < -0.3 is 57.3 Å². The van der Waals surface area contributed by atoms with Gasteiger partial charge in [-0.25, -0.2) is 29.0 Å². The first-order valence-electron chi connectivity index (χ1n) is 23.3. The Morgan fingerprint density at radius 3 is 2.18 bits per heavy atom. The van der Waals surface area contributed by atoms with Crippen molar-refractivity contribution < 1.29 is 66.7 Å². The van der Waals surface area contributed by atoms with E-state index in [9.17, 15) is 52.8 Å². The molecule has 22 nitrogen and oxygen atoms in total. The van der Waals surface area contributed by atoms with Gasteiger partial charge in [0, 0.05) is 63.0 Å². The molecule has 0 unspecified atom stereocenters. The van der Waals surface area contributed by atoms with Crippen LogP contribution >= 0.6 is 0 Å². The summed E-state index contributed by atoms with van der Waals surface area (Å²) in [6, 6.07) is 8.19. The fourth-order valence-electron chi connectivity index (χ4n) is 8.12. The van der Waals surface area contributed by atoms with Gasteiger partial charge in [-0.05, 0) is 71.8 Å². The lowest BCUT2D eigenvalue weighted by Crippen LogP contribution is -2.46. The molecule has 6 atom stereocenters. The number of hydrogen-bond acceptors (Lipinski definition) is 17. The standard InChI is InChI=1S/C49H64FN9O13S/c1-7-49(4,5)29-9-10-32(35(50)18-29)45-56-25(3)41(44(53)58-45)37(62)16-28(21-55-73(54,69)70)47(66)59(6)42-27-15-34(43(64)40(17-27)72-23-31(61)20-52)33-13-26(8-11-39(33)71-22-30(60)19-51)14-36(48(67)68)57-46(65)24(2)12-38(42)63/h8-11,13,15,17-18,24,28,30-31,36,42,55,60-61,64H,7,12,14,16,19-23,51-52H2,1-6H3,(H,57,65)(H,67,68)(H2,53,56,58)(H2,54,69,70)/t24-,28+,30-,31-,36+,42+/m1/s1. The van der Waals surface area contributed by atoms with E-state index in [4.69, 9.17) is 31.8 Å². The van der Waals surface area contributed by atoms with Gasteiger partial charge in [-0.3, -0.25) is 19.2 Å². The molecule has 5 rings (SSSR count). The first-order valence-corrected chi connectivity index (χ1v) is 24.8. The number of carboxylic acids is 1. The summed E-state index contributed by atoms with van der Waals surface area (Å²) in [6.07, 6.45) is -3.39. The van der Waals surface area contributed by atoms with Gasteiger partial charge >= 0.3 is 5.97 Å². The molecule has 4 bridgehead atoms. The van der Waals surface area contributed by atoms with Gasteiger partial charge in [0.15, 0.2) is 28.9 Å². The number of aliphatic carboxylic acids is 1. The number of Topliss-reactive ketones (excluding diaryl/α,β-unsaturated/α-hetero) is 2. The van der Waals surface area contributed by atoms with Crippen LogP contribution in [0.1, 0.15) is 85.7 Å². The molecule has 24 heteroatoms. The summed E-state index contributed by atoms with van der Waals surface area (Å²) in [4.78, 5) is 79.8. The maximum Gasteiger partial charge on any atom is 0.326 e. The minimum Gasteiger partial charge on any atom is -0.504 e. The molecule has 2 amide bonds. The van der Waals surface area contributed by atoms with Crippen LogP contribution in [0.25, 0.3) is 22.5 Å². The molecule has 1 aliphatic heterocycles. The van der Waals surface area contributed by atoms with Crippen LogP contribution in [0, 0.1) is 24.6 Å². The molecule has 0 saturated heterocycles. The number of aliphatic hydroxyl groups is 2. The van der Waals surface area contributed by atoms with Crippen LogP contribution in [-0.2, 0) is 41.2 Å². The lowest BCUT2D eigenvalue weighted by Gasteiger charge is -2.32. The van der Waals surface area contributed by atoms with Crippen LogP contribution in [0.5, 0.6) is 17.2 Å². The molecule has 4 aromatic rings. The van der Waals surface area contributed by atoms with Gasteiger partial charge in [0.2, 0.25) is 11.8 Å². The molecule has 0 saturated carbocycles. The third kappa shape index (κ3) is 14.1. The highest BCUT2D eigenvalue weighted by Gasteiger charge is 2.38. The molecular formula is C49H64FN9O13S. The summed E-state index contributed by atoms with van der Waals surface area (Å²) in [7, 11) is -3.36. The van der Waals surface area contributed by atoms with Gasteiger partial charge in [-0.15, -0.1) is 0 Å². The molecule has 1 aromatic heterocycles. The monoisotopic (exact) mass is 1040 g/mol. The molecule has 2 heterocycles. The Kier molecular flexibility index (Phi) is 18.7. The number of rotatable bonds is 20. The molecule has 0 aliphatic carbocycles. The van der Waals surface area contributed by atoms with Crippen molar-refractivity contribution in [1.29, 1.82) is 0 Å². The predicted octanol–water partition coefficient (Wildman–Crippen LogP) is 1.53. The molecule has 0 fully saturated rings. The van der Waals surface area contributed by atoms with E-state index in [-0.39, 0.29) is 88.2 Å². The largest absolute Gasteiger partial charge is 0.504 e. The minimum atomic E-state index is -4.53. The predicted molar refractivity (Wildman–Crippen MR) is 266 cm³/mol. The Hall–Kier alpha value is -6.67. The Labute approximate surface area is 421 Å². The van der Waals surface area contributed by atoms with E-state index < -0.39 is 113 Å². The van der Waals surface area contributed by atoms with E-state index >= 15 is 4.39 Å². The van der Waals surface area contributed by atoms with Crippen molar-refractivity contribution in [1.82, 2.24) is 24.9 Å². The number of ether oxygens (including phenoxy) is 2. The van der Waals surface area contributed by atoms with Crippen molar-refractivity contribution in [2.24, 2.45) is 28.4 Å². The zero-order valence-corrected chi connectivity index (χ0v) is 42.2. The number of fused-ring (bicyclic) bond motifs is 5. The number of halogens is 1. The van der Waals surface area contributed by atoms with Crippen molar-refractivity contribution >= 4 is 45.4 Å². The van der Waals surface area contributed by atoms with E-state index in [1.165, 1.54) is 63.4 Å². The summed E-state index contributed by atoms with van der Waals surface area (Å²) in [6.45, 7) is 6.57. The first kappa shape index (κ1) is 57.2. The average molecular weight is 1040 g/mol. The number of phenols is 1. The number of likely N-dealkylation sites (N-methyl/N-ethyl adjacent to an activating group) is 1. The minimum absolute atomic E-state index is 0.00112. The number of nitrogens with zero attached hydrogens (tertiary/aromatic N) is 3. The van der Waals surface area contributed by atoms with Gasteiger partial charge in [-0.1, -0.05) is 39.8 Å². The summed E-state index contributed by atoms with van der Waals surface area (Å²) >= 11 is 0. The second-order valence-electron chi connectivity index (χ2n) is 18.7. The number of aliphatic hydroxyl groups excluding tert-OH is 2. The summed E-state index contributed by atoms with van der Waals surface area (Å²) < 4.78 is 54.0. The molecule has 0 spiro atoms. The highest BCUT2D eigenvalue weighted by atomic mass is 32.2. The topological polar surface area (TPSA) is 376 Å². The third-order valence-corrected chi connectivity index (χ3v) is 13.4. The lowest BCUT2D eigenvalue weighted by molar-refractivity contribution is -0.143. The van der Waals surface area contributed by atoms with Crippen LogP contribution in [0.2, 0.25) is 0 Å². The fourth-order valence-corrected chi connectivity index (χ4v) is 8.55. The number of hydrogen-bond donors (Lipinski definition) is 10. The van der Waals surface area contributed by atoms with E-state index in [0.29, 0.717) is 5.56 Å². The second kappa shape index (κ2) is 23.9. The normalized spacial score (nSPS) is 17.7. The number of amides is 2. The SMILES string of the molecule is CCC(C)(C)c1ccc(-c2nc(C)c(C(=O)C[C@@H](CNS(N)(=O)=O)C(=O)N(C)[C@@H]3C(=O)C[C@@H](C)C(=O)N[C@H](C(=O)O)Cc4ccc(OC[C@H](O)CN)c(c4)-c4cc3cc(OC[C@H](O)CN)c4O)c(N)n2)c(F)c1. The lowest BCUT2D eigenvalue weighted by atomic mass is 9.82. The third-order valence-electron chi connectivity index (χ3n) is 12.8. The molecule has 14 N–H and O–H groups in total. The second-order valence-corrected chi connectivity index (χ2v) is 20.1. The number of aryl methyl sites for hydroxylation is 1. The number of aromatic nitrogens is 2. The molecule has 0 radical (unpaired) electrons. The Morgan fingerprint density at radius 1 is 0.959 bits per heavy atom. The van der Waals surface area contributed by atoms with E-state index in [0.717, 1.165) is 16.9 Å². The zero-order valence-electron chi connectivity index (χ0n) is 41.3. The highest BCUT2D eigenvalue weighted by molar-refractivity contribution is 7.87. The van der Waals surface area contributed by atoms with Crippen LogP contribution in [0.3, 0.4) is 0 Å². The number of anilines is 1. The van der Waals surface area contributed by atoms with Gasteiger partial charge in [0.1, 0.15) is 54.9 Å². The van der Waals surface area contributed by atoms with Crippen LogP contribution in [0.15, 0.2) is 48.5 Å². The van der Waals surface area contributed by atoms with Crippen LogP contribution in [-0.4, -0.2) is 131 Å². The van der Waals surface area contributed by atoms with Crippen molar-refractivity contribution in [2.75, 3.05) is 45.6 Å². The molecular weight excluding hydrogens is 974 g/mol. The number of ketones is 2. The Bertz CT molecular complexity index is 2830. The first-order chi connectivity index (χ1) is 34.2. The van der Waals surface area contributed by atoms with Crippen molar-refractivity contribution in [3.05, 3.63) is 82.3 Å². The number of carbonyl (C=O) groups excluding carboxylic acids is 4. The van der Waals surface area contributed by atoms with Crippen LogP contribution < -0.4 is 41.9 Å².